The van der Waals surface area contributed by atoms with Crippen molar-refractivity contribution in [1.29, 1.82) is 0 Å². The summed E-state index contributed by atoms with van der Waals surface area (Å²) in [5, 5.41) is 9.26. The molecule has 0 atom stereocenters. The summed E-state index contributed by atoms with van der Waals surface area (Å²) in [7, 11) is 4.00. The molecule has 0 bridgehead atoms. The van der Waals surface area contributed by atoms with E-state index in [1.54, 1.807) is 0 Å². The lowest BCUT2D eigenvalue weighted by atomic mass is 10.5. The molecule has 0 radical (unpaired) electrons. The quantitative estimate of drug-likeness (QED) is 0.507. The summed E-state index contributed by atoms with van der Waals surface area (Å²) in [5.74, 6) is -0.995. The van der Waals surface area contributed by atoms with Gasteiger partial charge in [0.15, 0.2) is 0 Å². The first-order chi connectivity index (χ1) is 5.56. The Labute approximate surface area is 72.1 Å². The van der Waals surface area contributed by atoms with E-state index in [9.17, 15) is 9.90 Å². The Morgan fingerprint density at radius 1 is 1.67 bits per heavy atom. The number of nitrogens with zero attached hydrogens (tertiary/aromatic N) is 2. The van der Waals surface area contributed by atoms with Gasteiger partial charge in [-0.3, -0.25) is 0 Å². The first-order valence-electron chi connectivity index (χ1n) is 3.73. The third kappa shape index (κ3) is 5.46. The lowest BCUT2D eigenvalue weighted by molar-refractivity contribution is -0.670. The maximum Gasteiger partial charge on any atom is 0.243 e. The second-order valence-corrected chi connectivity index (χ2v) is 2.47. The van der Waals surface area contributed by atoms with Crippen molar-refractivity contribution in [2.24, 2.45) is 14.1 Å². The maximum absolute atomic E-state index is 9.26. The molecule has 68 valence electrons. The van der Waals surface area contributed by atoms with Crippen LogP contribution in [0.2, 0.25) is 0 Å². The molecule has 1 heterocycles. The standard InChI is InChI=1S/C5H9N2.C3H6O2/c1-6-3-4-7(2)5-6;1-2-3(4)5/h3-5H,1-2H3;2H2,1H3,(H,4,5)/q+1;/p-1. The largest absolute Gasteiger partial charge is 0.550 e. The van der Waals surface area contributed by atoms with Crippen LogP contribution < -0.4 is 9.67 Å². The maximum atomic E-state index is 9.26. The molecule has 12 heavy (non-hydrogen) atoms. The van der Waals surface area contributed by atoms with Gasteiger partial charge in [0, 0.05) is 5.97 Å². The number of aromatic nitrogens is 2. The second-order valence-electron chi connectivity index (χ2n) is 2.47. The molecule has 0 aliphatic carbocycles. The van der Waals surface area contributed by atoms with Crippen LogP contribution in [0.4, 0.5) is 0 Å². The minimum Gasteiger partial charge on any atom is -0.550 e. The molecule has 4 nitrogen and oxygen atoms in total. The highest BCUT2D eigenvalue weighted by Crippen LogP contribution is 1.70. The van der Waals surface area contributed by atoms with Gasteiger partial charge in [-0.1, -0.05) is 6.92 Å². The van der Waals surface area contributed by atoms with E-state index in [0.717, 1.165) is 0 Å². The van der Waals surface area contributed by atoms with Gasteiger partial charge in [0.25, 0.3) is 0 Å². The van der Waals surface area contributed by atoms with Crippen molar-refractivity contribution in [3.05, 3.63) is 18.7 Å². The molecule has 4 heteroatoms. The zero-order valence-electron chi connectivity index (χ0n) is 7.65. The smallest absolute Gasteiger partial charge is 0.243 e. The van der Waals surface area contributed by atoms with E-state index < -0.39 is 5.97 Å². The molecule has 0 amide bonds. The van der Waals surface area contributed by atoms with Gasteiger partial charge in [-0.25, -0.2) is 9.13 Å². The summed E-state index contributed by atoms with van der Waals surface area (Å²) >= 11 is 0. The van der Waals surface area contributed by atoms with E-state index in [4.69, 9.17) is 0 Å². The van der Waals surface area contributed by atoms with Crippen LogP contribution in [0.25, 0.3) is 0 Å². The fourth-order valence-electron chi connectivity index (χ4n) is 0.575. The number of aliphatic carboxylic acids is 1. The molecule has 0 saturated heterocycles. The van der Waals surface area contributed by atoms with Crippen LogP contribution in [-0.2, 0) is 18.9 Å². The topological polar surface area (TPSA) is 48.9 Å². The van der Waals surface area contributed by atoms with Crippen molar-refractivity contribution >= 4 is 5.97 Å². The van der Waals surface area contributed by atoms with E-state index >= 15 is 0 Å². The van der Waals surface area contributed by atoms with Gasteiger partial charge in [0.05, 0.1) is 14.1 Å². The summed E-state index contributed by atoms with van der Waals surface area (Å²) in [6, 6.07) is 0. The second kappa shape index (κ2) is 5.35. The molecule has 0 aromatic carbocycles. The summed E-state index contributed by atoms with van der Waals surface area (Å²) in [5.41, 5.74) is 0. The van der Waals surface area contributed by atoms with Crippen LogP contribution in [0.5, 0.6) is 0 Å². The van der Waals surface area contributed by atoms with Gasteiger partial charge in [-0.2, -0.15) is 0 Å². The third-order valence-corrected chi connectivity index (χ3v) is 1.19. The monoisotopic (exact) mass is 170 g/mol. The van der Waals surface area contributed by atoms with Crippen molar-refractivity contribution in [2.45, 2.75) is 13.3 Å². The van der Waals surface area contributed by atoms with Gasteiger partial charge >= 0.3 is 0 Å². The minimum absolute atomic E-state index is 0.111. The molecule has 0 saturated carbocycles. The zero-order valence-corrected chi connectivity index (χ0v) is 7.65. The number of imidazole rings is 1. The van der Waals surface area contributed by atoms with Gasteiger partial charge < -0.3 is 9.90 Å². The van der Waals surface area contributed by atoms with Crippen LogP contribution in [0.3, 0.4) is 0 Å². The Bertz CT molecular complexity index is 226. The minimum atomic E-state index is -0.995. The molecular weight excluding hydrogens is 156 g/mol. The van der Waals surface area contributed by atoms with Crippen molar-refractivity contribution in [2.75, 3.05) is 0 Å². The molecule has 0 aliphatic rings. The van der Waals surface area contributed by atoms with Crippen LogP contribution in [0.15, 0.2) is 18.7 Å². The number of carbonyl (C=O) groups is 1. The normalized spacial score (nSPS) is 8.58. The van der Waals surface area contributed by atoms with Crippen LogP contribution in [0, 0.1) is 0 Å². The summed E-state index contributed by atoms with van der Waals surface area (Å²) in [4.78, 5) is 9.26. The summed E-state index contributed by atoms with van der Waals surface area (Å²) < 4.78 is 4.00. The number of carboxylic acids is 1. The summed E-state index contributed by atoms with van der Waals surface area (Å²) in [6.07, 6.45) is 6.11. The lowest BCUT2D eigenvalue weighted by Crippen LogP contribution is -2.23. The third-order valence-electron chi connectivity index (χ3n) is 1.19. The Balaban J connectivity index is 0.000000217. The highest BCUT2D eigenvalue weighted by Gasteiger charge is 1.87. The number of aryl methyl sites for hydroxylation is 2. The number of hydrogen-bond acceptors (Lipinski definition) is 2. The molecule has 1 aromatic rings. The van der Waals surface area contributed by atoms with E-state index in [-0.39, 0.29) is 6.42 Å². The molecule has 0 unspecified atom stereocenters. The number of hydrogen-bond donors (Lipinski definition) is 0. The van der Waals surface area contributed by atoms with Gasteiger partial charge in [0.2, 0.25) is 6.33 Å². The first-order valence-corrected chi connectivity index (χ1v) is 3.73. The zero-order chi connectivity index (χ0) is 9.56. The fraction of sp³-hybridized carbons (Fsp3) is 0.500. The number of rotatable bonds is 1. The van der Waals surface area contributed by atoms with Crippen LogP contribution in [0.1, 0.15) is 13.3 Å². The predicted octanol–water partition coefficient (Wildman–Crippen LogP) is -1.00. The lowest BCUT2D eigenvalue weighted by Gasteiger charge is -1.87. The van der Waals surface area contributed by atoms with Crippen molar-refractivity contribution < 1.29 is 14.5 Å². The van der Waals surface area contributed by atoms with E-state index in [1.807, 2.05) is 42.0 Å². The van der Waals surface area contributed by atoms with Crippen LogP contribution in [-0.4, -0.2) is 10.5 Å². The summed E-state index contributed by atoms with van der Waals surface area (Å²) in [6.45, 7) is 1.54. The number of carboxylic acid groups (broad SMARTS) is 1. The van der Waals surface area contributed by atoms with E-state index in [1.165, 1.54) is 6.92 Å². The highest BCUT2D eigenvalue weighted by atomic mass is 16.4. The number of carbonyl (C=O) groups excluding carboxylic acids is 1. The van der Waals surface area contributed by atoms with Gasteiger partial charge in [-0.15, -0.1) is 0 Å². The molecular formula is C8H14N2O2. The van der Waals surface area contributed by atoms with Gasteiger partial charge in [-0.05, 0) is 6.42 Å². The Hall–Kier alpha value is -1.32. The molecule has 0 fully saturated rings. The fourth-order valence-corrected chi connectivity index (χ4v) is 0.575. The van der Waals surface area contributed by atoms with Crippen molar-refractivity contribution in [3.63, 3.8) is 0 Å². The van der Waals surface area contributed by atoms with Gasteiger partial charge in [0.1, 0.15) is 12.4 Å². The molecule has 0 N–H and O–H groups in total. The van der Waals surface area contributed by atoms with Crippen molar-refractivity contribution in [1.82, 2.24) is 4.57 Å². The SMILES string of the molecule is CCC(=O)[O-].Cn1cc[n+](C)c1. The van der Waals surface area contributed by atoms with E-state index in [0.29, 0.717) is 0 Å². The van der Waals surface area contributed by atoms with E-state index in [2.05, 4.69) is 0 Å². The average Bonchev–Trinajstić information content (AvgIpc) is 2.36. The molecule has 0 spiro atoms. The Kier molecular flexibility index (Phi) is 4.76. The van der Waals surface area contributed by atoms with Crippen LogP contribution >= 0.6 is 0 Å². The molecule has 1 rings (SSSR count). The molecule has 0 aliphatic heterocycles. The Morgan fingerprint density at radius 2 is 2.17 bits per heavy atom. The molecule has 1 aromatic heterocycles. The first kappa shape index (κ1) is 10.7. The van der Waals surface area contributed by atoms with Crippen molar-refractivity contribution in [3.8, 4) is 0 Å². The highest BCUT2D eigenvalue weighted by molar-refractivity contribution is 5.63. The predicted molar refractivity (Wildman–Crippen MR) is 41.9 cm³/mol. The average molecular weight is 170 g/mol. The Morgan fingerprint density at radius 3 is 2.25 bits per heavy atom.